The van der Waals surface area contributed by atoms with Crippen LogP contribution in [-0.4, -0.2) is 41.2 Å². The molecule has 2 N–H and O–H groups in total. The van der Waals surface area contributed by atoms with Gasteiger partial charge < -0.3 is 15.4 Å². The largest absolute Gasteiger partial charge is 0.393 e. The molecule has 0 radical (unpaired) electrons. The van der Waals surface area contributed by atoms with Crippen LogP contribution in [0, 0.1) is 0 Å². The summed E-state index contributed by atoms with van der Waals surface area (Å²) in [6, 6.07) is 0.670. The topological polar surface area (TPSA) is 38.5 Å². The third-order valence-electron chi connectivity index (χ3n) is 4.30. The van der Waals surface area contributed by atoms with E-state index in [0.717, 1.165) is 32.5 Å². The molecule has 1 unspecified atom stereocenters. The van der Waals surface area contributed by atoms with Crippen molar-refractivity contribution in [2.45, 2.75) is 57.1 Å². The Bertz CT molecular complexity index is 279. The van der Waals surface area contributed by atoms with Crippen LogP contribution < -0.4 is 5.73 Å². The third-order valence-corrected chi connectivity index (χ3v) is 4.50. The Hall–Kier alpha value is -0.190. The Morgan fingerprint density at radius 2 is 2.29 bits per heavy atom. The number of thiocarbonyl (C=S) groups is 1. The predicted octanol–water partition coefficient (Wildman–Crippen LogP) is 2.09. The number of nitrogens with two attached hydrogens (primary N) is 1. The van der Waals surface area contributed by atoms with E-state index in [1.807, 2.05) is 0 Å². The van der Waals surface area contributed by atoms with E-state index in [9.17, 15) is 0 Å². The molecule has 2 aliphatic rings. The fourth-order valence-corrected chi connectivity index (χ4v) is 3.18. The van der Waals surface area contributed by atoms with Crippen LogP contribution in [0.3, 0.4) is 0 Å². The lowest BCUT2D eigenvalue weighted by atomic mass is 9.73. The van der Waals surface area contributed by atoms with Crippen LogP contribution in [0.1, 0.15) is 45.4 Å². The number of hydrogen-bond acceptors (Lipinski definition) is 3. The molecule has 0 amide bonds. The van der Waals surface area contributed by atoms with E-state index in [1.54, 1.807) is 0 Å². The summed E-state index contributed by atoms with van der Waals surface area (Å²) in [7, 11) is 0. The Morgan fingerprint density at radius 1 is 1.53 bits per heavy atom. The molecule has 1 heterocycles. The summed E-state index contributed by atoms with van der Waals surface area (Å²) >= 11 is 4.97. The lowest BCUT2D eigenvalue weighted by Crippen LogP contribution is -2.52. The molecule has 1 saturated carbocycles. The minimum Gasteiger partial charge on any atom is -0.393 e. The number of rotatable bonds is 5. The van der Waals surface area contributed by atoms with Crippen molar-refractivity contribution >= 4 is 17.2 Å². The lowest BCUT2D eigenvalue weighted by Gasteiger charge is -2.49. The highest BCUT2D eigenvalue weighted by atomic mass is 32.1. The van der Waals surface area contributed by atoms with E-state index in [4.69, 9.17) is 22.7 Å². The monoisotopic (exact) mass is 256 g/mol. The van der Waals surface area contributed by atoms with Crippen molar-refractivity contribution in [3.63, 3.8) is 0 Å². The molecule has 2 fully saturated rings. The van der Waals surface area contributed by atoms with Crippen molar-refractivity contribution in [3.8, 4) is 0 Å². The second-order valence-corrected chi connectivity index (χ2v) is 5.90. The Balaban J connectivity index is 1.87. The van der Waals surface area contributed by atoms with E-state index >= 15 is 0 Å². The van der Waals surface area contributed by atoms with Crippen molar-refractivity contribution in [2.24, 2.45) is 5.73 Å². The van der Waals surface area contributed by atoms with Gasteiger partial charge in [0.25, 0.3) is 0 Å². The average Bonchev–Trinajstić information content (AvgIpc) is 2.28. The van der Waals surface area contributed by atoms with E-state index < -0.39 is 0 Å². The molecule has 0 bridgehead atoms. The summed E-state index contributed by atoms with van der Waals surface area (Å²) in [5.41, 5.74) is 5.83. The summed E-state index contributed by atoms with van der Waals surface area (Å²) in [4.78, 5) is 3.16. The van der Waals surface area contributed by atoms with E-state index in [1.165, 1.54) is 25.7 Å². The first-order valence-corrected chi connectivity index (χ1v) is 7.22. The van der Waals surface area contributed by atoms with Crippen LogP contribution in [0.2, 0.25) is 0 Å². The molecule has 4 heteroatoms. The SMILES string of the molecule is CCN(CCC(N)=S)C1CCOC2(CCC2)C1. The lowest BCUT2D eigenvalue weighted by molar-refractivity contribution is -0.148. The minimum absolute atomic E-state index is 0.236. The Kier molecular flexibility index (Phi) is 4.39. The summed E-state index contributed by atoms with van der Waals surface area (Å²) < 4.78 is 5.97. The van der Waals surface area contributed by atoms with Crippen LogP contribution in [0.15, 0.2) is 0 Å². The molecular weight excluding hydrogens is 232 g/mol. The first-order chi connectivity index (χ1) is 8.15. The van der Waals surface area contributed by atoms with Crippen LogP contribution in [-0.2, 0) is 4.74 Å². The summed E-state index contributed by atoms with van der Waals surface area (Å²) in [6.07, 6.45) is 7.07. The maximum Gasteiger partial charge on any atom is 0.0740 e. The molecule has 0 aromatic rings. The van der Waals surface area contributed by atoms with Gasteiger partial charge in [0, 0.05) is 25.6 Å². The van der Waals surface area contributed by atoms with Crippen LogP contribution >= 0.6 is 12.2 Å². The standard InChI is InChI=1S/C13H24N2OS/c1-2-15(8-4-12(14)17)11-5-9-16-13(10-11)6-3-7-13/h11H,2-10H2,1H3,(H2,14,17). The molecule has 0 aromatic carbocycles. The van der Waals surface area contributed by atoms with E-state index in [0.29, 0.717) is 11.0 Å². The Morgan fingerprint density at radius 3 is 2.82 bits per heavy atom. The van der Waals surface area contributed by atoms with Gasteiger partial charge in [0.15, 0.2) is 0 Å². The zero-order valence-corrected chi connectivity index (χ0v) is 11.6. The second kappa shape index (κ2) is 5.63. The molecule has 3 nitrogen and oxygen atoms in total. The van der Waals surface area contributed by atoms with Gasteiger partial charge in [-0.1, -0.05) is 19.1 Å². The zero-order chi connectivity index (χ0) is 12.3. The maximum atomic E-state index is 5.97. The fourth-order valence-electron chi connectivity index (χ4n) is 3.09. The van der Waals surface area contributed by atoms with Gasteiger partial charge in [-0.3, -0.25) is 0 Å². The minimum atomic E-state index is 0.236. The molecule has 98 valence electrons. The van der Waals surface area contributed by atoms with Gasteiger partial charge in [-0.25, -0.2) is 0 Å². The smallest absolute Gasteiger partial charge is 0.0740 e. The summed E-state index contributed by atoms with van der Waals surface area (Å²) in [5, 5.41) is 0. The highest BCUT2D eigenvalue weighted by molar-refractivity contribution is 7.80. The number of hydrogen-bond donors (Lipinski definition) is 1. The average molecular weight is 256 g/mol. The van der Waals surface area contributed by atoms with Gasteiger partial charge in [-0.2, -0.15) is 0 Å². The van der Waals surface area contributed by atoms with Crippen molar-refractivity contribution in [1.82, 2.24) is 4.90 Å². The molecule has 2 rings (SSSR count). The number of ether oxygens (including phenoxy) is 1. The highest BCUT2D eigenvalue weighted by Crippen LogP contribution is 2.43. The highest BCUT2D eigenvalue weighted by Gasteiger charge is 2.43. The maximum absolute atomic E-state index is 5.97. The van der Waals surface area contributed by atoms with Gasteiger partial charge in [-0.05, 0) is 38.6 Å². The first-order valence-electron chi connectivity index (χ1n) is 6.81. The van der Waals surface area contributed by atoms with Gasteiger partial charge in [0.1, 0.15) is 0 Å². The Labute approximate surface area is 110 Å². The fraction of sp³-hybridized carbons (Fsp3) is 0.923. The van der Waals surface area contributed by atoms with Gasteiger partial charge in [-0.15, -0.1) is 0 Å². The summed E-state index contributed by atoms with van der Waals surface area (Å²) in [6.45, 7) is 5.24. The molecule has 1 aliphatic heterocycles. The molecule has 1 spiro atoms. The third kappa shape index (κ3) is 3.18. The van der Waals surface area contributed by atoms with Crippen molar-refractivity contribution < 1.29 is 4.74 Å². The zero-order valence-electron chi connectivity index (χ0n) is 10.8. The molecule has 1 saturated heterocycles. The summed E-state index contributed by atoms with van der Waals surface area (Å²) in [5.74, 6) is 0. The molecule has 17 heavy (non-hydrogen) atoms. The molecule has 0 aromatic heterocycles. The van der Waals surface area contributed by atoms with Gasteiger partial charge in [0.2, 0.25) is 0 Å². The van der Waals surface area contributed by atoms with Crippen molar-refractivity contribution in [1.29, 1.82) is 0 Å². The van der Waals surface area contributed by atoms with Crippen molar-refractivity contribution in [2.75, 3.05) is 19.7 Å². The normalized spacial score (nSPS) is 27.1. The molecular formula is C13H24N2OS. The van der Waals surface area contributed by atoms with Crippen LogP contribution in [0.4, 0.5) is 0 Å². The quantitative estimate of drug-likeness (QED) is 0.764. The van der Waals surface area contributed by atoms with Crippen molar-refractivity contribution in [3.05, 3.63) is 0 Å². The number of nitrogens with zero attached hydrogens (tertiary/aromatic N) is 1. The van der Waals surface area contributed by atoms with E-state index in [-0.39, 0.29) is 5.60 Å². The molecule has 1 aliphatic carbocycles. The second-order valence-electron chi connectivity index (χ2n) is 5.38. The predicted molar refractivity (Wildman–Crippen MR) is 74.2 cm³/mol. The molecule has 1 atom stereocenters. The van der Waals surface area contributed by atoms with Crippen LogP contribution in [0.5, 0.6) is 0 Å². The van der Waals surface area contributed by atoms with E-state index in [2.05, 4.69) is 11.8 Å². The van der Waals surface area contributed by atoms with Gasteiger partial charge in [0.05, 0.1) is 10.6 Å². The van der Waals surface area contributed by atoms with Gasteiger partial charge >= 0.3 is 0 Å². The van der Waals surface area contributed by atoms with Crippen LogP contribution in [0.25, 0.3) is 0 Å². The first kappa shape index (κ1) is 13.2.